The molecule has 0 bridgehead atoms. The van der Waals surface area contributed by atoms with Crippen molar-refractivity contribution in [1.29, 1.82) is 0 Å². The van der Waals surface area contributed by atoms with Gasteiger partial charge in [0, 0.05) is 11.1 Å². The highest BCUT2D eigenvalue weighted by Gasteiger charge is 2.24. The van der Waals surface area contributed by atoms with E-state index in [0.717, 1.165) is 0 Å². The summed E-state index contributed by atoms with van der Waals surface area (Å²) >= 11 is 12.5. The van der Waals surface area contributed by atoms with Gasteiger partial charge in [-0.1, -0.05) is 60.5 Å². The van der Waals surface area contributed by atoms with Gasteiger partial charge in [0.1, 0.15) is 22.0 Å². The molecule has 0 aliphatic carbocycles. The zero-order valence-corrected chi connectivity index (χ0v) is 23.1. The van der Waals surface area contributed by atoms with Crippen LogP contribution in [-0.2, 0) is 16.5 Å². The lowest BCUT2D eigenvalue weighted by Gasteiger charge is -2.13. The Kier molecular flexibility index (Phi) is 8.41. The van der Waals surface area contributed by atoms with Crippen LogP contribution >= 0.6 is 23.2 Å². The summed E-state index contributed by atoms with van der Waals surface area (Å²) in [5.41, 5.74) is 0.149. The fraction of sp³-hybridized carbons (Fsp3) is 0.148. The number of hydrogen-bond acceptors (Lipinski definition) is 7. The van der Waals surface area contributed by atoms with E-state index in [-0.39, 0.29) is 33.9 Å². The molecule has 4 aromatic carbocycles. The minimum absolute atomic E-state index is 0.0753. The maximum atomic E-state index is 13.2. The fourth-order valence-electron chi connectivity index (χ4n) is 3.99. The highest BCUT2D eigenvalue weighted by molar-refractivity contribution is 7.86. The highest BCUT2D eigenvalue weighted by atomic mass is 35.5. The number of hydrogen-bond donors (Lipinski definition) is 3. The molecule has 0 radical (unpaired) electrons. The van der Waals surface area contributed by atoms with Gasteiger partial charge in [-0.05, 0) is 54.6 Å². The molecule has 0 atom stereocenters. The molecule has 0 heterocycles. The summed E-state index contributed by atoms with van der Waals surface area (Å²) in [5.74, 6) is -0.689. The Labute approximate surface area is 234 Å². The molecule has 1 amide bonds. The molecule has 0 spiro atoms. The van der Waals surface area contributed by atoms with Gasteiger partial charge < -0.3 is 15.2 Å². The zero-order chi connectivity index (χ0) is 28.3. The molecule has 12 heteroatoms. The number of carbonyl (C=O) groups excluding carboxylic acids is 1. The number of phenolic OH excluding ortho intramolecular Hbond substituents is 1. The molecule has 4 aromatic rings. The van der Waals surface area contributed by atoms with Crippen molar-refractivity contribution in [2.24, 2.45) is 10.2 Å². The van der Waals surface area contributed by atoms with E-state index in [9.17, 15) is 22.9 Å². The van der Waals surface area contributed by atoms with Crippen LogP contribution in [0.3, 0.4) is 0 Å². The molecule has 0 unspecified atom stereocenters. The number of benzene rings is 4. The molecule has 0 aliphatic rings. The second-order valence-electron chi connectivity index (χ2n) is 8.29. The number of nitrogens with zero attached hydrogens (tertiary/aromatic N) is 2. The van der Waals surface area contributed by atoms with Crippen LogP contribution in [0.4, 0.5) is 17.1 Å². The lowest BCUT2D eigenvalue weighted by atomic mass is 10.0. The van der Waals surface area contributed by atoms with E-state index < -0.39 is 26.7 Å². The van der Waals surface area contributed by atoms with E-state index in [1.165, 1.54) is 24.3 Å². The number of rotatable bonds is 8. The third-order valence-corrected chi connectivity index (χ3v) is 7.35. The Balaban J connectivity index is 1.81. The van der Waals surface area contributed by atoms with Crippen LogP contribution in [0.1, 0.15) is 29.8 Å². The van der Waals surface area contributed by atoms with E-state index in [2.05, 4.69) is 15.5 Å². The predicted molar refractivity (Wildman–Crippen MR) is 151 cm³/mol. The van der Waals surface area contributed by atoms with Crippen LogP contribution in [0.2, 0.25) is 10.0 Å². The molecule has 9 nitrogen and oxygen atoms in total. The molecular weight excluding hydrogens is 565 g/mol. The van der Waals surface area contributed by atoms with E-state index in [1.807, 2.05) is 6.92 Å². The largest absolute Gasteiger partial charge is 0.505 e. The number of anilines is 1. The Bertz CT molecular complexity index is 1720. The average molecular weight is 588 g/mol. The monoisotopic (exact) mass is 587 g/mol. The third-order valence-electron chi connectivity index (χ3n) is 5.78. The molecule has 39 heavy (non-hydrogen) atoms. The standard InChI is InChI=1S/C27H23Cl2N3O6S/c1-3-15-9-11-20(28)24(26(15)39(35,36)37)32-31-23-18-8-6-5-7-16(18)13-19(25(23)33)27(34)30-17-10-12-22(38-4-2)21(29)14-17/h5-14,33H,3-4H2,1-2H3,(H,30,34)(H,35,36,37). The van der Waals surface area contributed by atoms with Crippen LogP contribution in [0.25, 0.3) is 10.8 Å². The third kappa shape index (κ3) is 5.99. The van der Waals surface area contributed by atoms with Crippen molar-refractivity contribution in [3.05, 3.63) is 81.8 Å². The lowest BCUT2D eigenvalue weighted by molar-refractivity contribution is 0.102. The number of halogens is 2. The summed E-state index contributed by atoms with van der Waals surface area (Å²) in [4.78, 5) is 12.7. The van der Waals surface area contributed by atoms with Crippen LogP contribution in [0.5, 0.6) is 11.5 Å². The van der Waals surface area contributed by atoms with Crippen molar-refractivity contribution in [1.82, 2.24) is 0 Å². The number of aryl methyl sites for hydroxylation is 1. The quantitative estimate of drug-likeness (QED) is 0.142. The van der Waals surface area contributed by atoms with Crippen LogP contribution in [0.15, 0.2) is 75.8 Å². The number of azo groups is 1. The number of phenols is 1. The van der Waals surface area contributed by atoms with E-state index in [0.29, 0.717) is 33.8 Å². The maximum Gasteiger partial charge on any atom is 0.297 e. The molecule has 0 saturated heterocycles. The summed E-state index contributed by atoms with van der Waals surface area (Å²) in [6.45, 7) is 3.95. The lowest BCUT2D eigenvalue weighted by Crippen LogP contribution is -2.12. The van der Waals surface area contributed by atoms with Gasteiger partial charge in [0.25, 0.3) is 16.0 Å². The number of aromatic hydroxyl groups is 1. The smallest absolute Gasteiger partial charge is 0.297 e. The van der Waals surface area contributed by atoms with Gasteiger partial charge >= 0.3 is 0 Å². The summed E-state index contributed by atoms with van der Waals surface area (Å²) in [5, 5.41) is 23.1. The SMILES string of the molecule is CCOc1ccc(NC(=O)c2cc3ccccc3c(N=Nc3c(Cl)ccc(CC)c3S(=O)(=O)O)c2O)cc1Cl. The second-order valence-corrected chi connectivity index (χ2v) is 10.5. The molecule has 0 saturated carbocycles. The van der Waals surface area contributed by atoms with Crippen molar-refractivity contribution in [3.63, 3.8) is 0 Å². The second kappa shape index (κ2) is 11.6. The first-order valence-corrected chi connectivity index (χ1v) is 13.9. The van der Waals surface area contributed by atoms with Crippen molar-refractivity contribution in [2.45, 2.75) is 25.2 Å². The van der Waals surface area contributed by atoms with Gasteiger partial charge in [-0.25, -0.2) is 0 Å². The first kappa shape index (κ1) is 28.3. The van der Waals surface area contributed by atoms with Gasteiger partial charge in [0.2, 0.25) is 0 Å². The Morgan fingerprint density at radius 2 is 1.69 bits per heavy atom. The first-order valence-electron chi connectivity index (χ1n) is 11.7. The number of carbonyl (C=O) groups is 1. The predicted octanol–water partition coefficient (Wildman–Crippen LogP) is 7.73. The normalized spacial score (nSPS) is 11.7. The molecule has 0 aromatic heterocycles. The summed E-state index contributed by atoms with van der Waals surface area (Å²) in [7, 11) is -4.71. The number of fused-ring (bicyclic) bond motifs is 1. The maximum absolute atomic E-state index is 13.2. The van der Waals surface area contributed by atoms with Crippen LogP contribution in [0, 0.1) is 0 Å². The van der Waals surface area contributed by atoms with E-state index in [4.69, 9.17) is 27.9 Å². The van der Waals surface area contributed by atoms with E-state index in [1.54, 1.807) is 43.3 Å². The summed E-state index contributed by atoms with van der Waals surface area (Å²) < 4.78 is 39.6. The topological polar surface area (TPSA) is 138 Å². The number of nitrogens with one attached hydrogen (secondary N) is 1. The van der Waals surface area contributed by atoms with Gasteiger partial charge in [0.05, 0.1) is 22.2 Å². The Hall–Kier alpha value is -3.70. The minimum atomic E-state index is -4.71. The van der Waals surface area contributed by atoms with Crippen LogP contribution < -0.4 is 10.1 Å². The first-order chi connectivity index (χ1) is 18.5. The van der Waals surface area contributed by atoms with Crippen molar-refractivity contribution in [2.75, 3.05) is 11.9 Å². The van der Waals surface area contributed by atoms with Crippen molar-refractivity contribution in [3.8, 4) is 11.5 Å². The molecule has 0 aliphatic heterocycles. The number of amides is 1. The van der Waals surface area contributed by atoms with Crippen molar-refractivity contribution < 1.29 is 27.6 Å². The zero-order valence-electron chi connectivity index (χ0n) is 20.8. The van der Waals surface area contributed by atoms with Gasteiger partial charge in [0.15, 0.2) is 5.75 Å². The summed E-state index contributed by atoms with van der Waals surface area (Å²) in [6.07, 6.45) is 0.272. The molecule has 202 valence electrons. The number of ether oxygens (including phenoxy) is 1. The highest BCUT2D eigenvalue weighted by Crippen LogP contribution is 2.42. The summed E-state index contributed by atoms with van der Waals surface area (Å²) in [6, 6.07) is 15.9. The van der Waals surface area contributed by atoms with Gasteiger partial charge in [-0.15, -0.1) is 10.2 Å². The Morgan fingerprint density at radius 1 is 0.974 bits per heavy atom. The Morgan fingerprint density at radius 3 is 2.36 bits per heavy atom. The minimum Gasteiger partial charge on any atom is -0.505 e. The van der Waals surface area contributed by atoms with Gasteiger partial charge in [-0.3, -0.25) is 9.35 Å². The van der Waals surface area contributed by atoms with Crippen molar-refractivity contribution >= 4 is 67.1 Å². The molecule has 3 N–H and O–H groups in total. The van der Waals surface area contributed by atoms with E-state index >= 15 is 0 Å². The van der Waals surface area contributed by atoms with Gasteiger partial charge in [-0.2, -0.15) is 8.42 Å². The molecule has 0 fully saturated rings. The van der Waals surface area contributed by atoms with Crippen LogP contribution in [-0.4, -0.2) is 30.6 Å². The fourth-order valence-corrected chi connectivity index (χ4v) is 5.41. The molecular formula is C27H23Cl2N3O6S. The average Bonchev–Trinajstić information content (AvgIpc) is 2.89. The molecule has 4 rings (SSSR count).